The molecule has 1 aromatic carbocycles. The Morgan fingerprint density at radius 3 is 2.68 bits per heavy atom. The van der Waals surface area contributed by atoms with Gasteiger partial charge < -0.3 is 14.6 Å². The molecule has 0 amide bonds. The molecule has 1 fully saturated rings. The number of benzene rings is 1. The summed E-state index contributed by atoms with van der Waals surface area (Å²) in [5.41, 5.74) is 0.497. The Bertz CT molecular complexity index is 775. The van der Waals surface area contributed by atoms with Crippen LogP contribution in [0.1, 0.15) is 34.1 Å². The van der Waals surface area contributed by atoms with Crippen molar-refractivity contribution in [3.05, 3.63) is 40.5 Å². The fourth-order valence-corrected chi connectivity index (χ4v) is 3.41. The quantitative estimate of drug-likeness (QED) is 0.723. The van der Waals surface area contributed by atoms with E-state index >= 15 is 0 Å². The third-order valence-corrected chi connectivity index (χ3v) is 4.33. The normalized spacial score (nSPS) is 29.9. The largest absolute Gasteiger partial charge is 0.507 e. The van der Waals surface area contributed by atoms with Gasteiger partial charge in [0.1, 0.15) is 11.9 Å². The maximum atomic E-state index is 12.8. The molecule has 1 aromatic rings. The van der Waals surface area contributed by atoms with Crippen LogP contribution in [0.3, 0.4) is 0 Å². The van der Waals surface area contributed by atoms with Crippen LogP contribution in [0.25, 0.3) is 0 Å². The molecule has 1 saturated heterocycles. The Kier molecular flexibility index (Phi) is 2.56. The molecule has 0 aromatic heterocycles. The van der Waals surface area contributed by atoms with Gasteiger partial charge in [0.05, 0.1) is 23.7 Å². The zero-order valence-corrected chi connectivity index (χ0v) is 11.7. The molecule has 2 heterocycles. The maximum absolute atomic E-state index is 12.8. The highest BCUT2D eigenvalue weighted by Gasteiger charge is 2.51. The summed E-state index contributed by atoms with van der Waals surface area (Å²) in [6.45, 7) is 1.67. The lowest BCUT2D eigenvalue weighted by Gasteiger charge is -2.35. The van der Waals surface area contributed by atoms with Gasteiger partial charge in [-0.2, -0.15) is 0 Å². The summed E-state index contributed by atoms with van der Waals surface area (Å²) >= 11 is 0. The topological polar surface area (TPSA) is 89.9 Å². The van der Waals surface area contributed by atoms with Gasteiger partial charge in [-0.25, -0.2) is 0 Å². The highest BCUT2D eigenvalue weighted by molar-refractivity contribution is 6.28. The minimum atomic E-state index is -0.872. The van der Waals surface area contributed by atoms with Crippen molar-refractivity contribution in [2.75, 3.05) is 0 Å². The summed E-state index contributed by atoms with van der Waals surface area (Å²) in [4.78, 5) is 37.0. The van der Waals surface area contributed by atoms with E-state index in [4.69, 9.17) is 9.47 Å². The van der Waals surface area contributed by atoms with Crippen LogP contribution in [0.4, 0.5) is 0 Å². The van der Waals surface area contributed by atoms with Gasteiger partial charge in [-0.15, -0.1) is 0 Å². The molecule has 0 spiro atoms. The molecule has 6 heteroatoms. The number of phenolic OH excluding ortho intramolecular Hbond substituents is 1. The van der Waals surface area contributed by atoms with E-state index in [-0.39, 0.29) is 40.2 Å². The van der Waals surface area contributed by atoms with Crippen LogP contribution in [-0.2, 0) is 14.3 Å². The van der Waals surface area contributed by atoms with Crippen molar-refractivity contribution in [1.29, 1.82) is 0 Å². The van der Waals surface area contributed by atoms with Gasteiger partial charge in [0.15, 0.2) is 17.7 Å². The summed E-state index contributed by atoms with van der Waals surface area (Å²) in [6, 6.07) is 4.37. The van der Waals surface area contributed by atoms with Crippen LogP contribution >= 0.6 is 0 Å². The Balaban J connectivity index is 1.95. The molecule has 6 nitrogen and oxygen atoms in total. The molecular formula is C16H12O6. The summed E-state index contributed by atoms with van der Waals surface area (Å²) in [7, 11) is 0. The molecule has 4 rings (SSSR count). The van der Waals surface area contributed by atoms with E-state index in [1.165, 1.54) is 18.2 Å². The number of phenols is 1. The Labute approximate surface area is 125 Å². The molecule has 2 aliphatic heterocycles. The van der Waals surface area contributed by atoms with Crippen LogP contribution in [-0.4, -0.2) is 41.0 Å². The van der Waals surface area contributed by atoms with Crippen LogP contribution in [0.5, 0.6) is 5.75 Å². The predicted molar refractivity (Wildman–Crippen MR) is 72.6 cm³/mol. The number of carbonyl (C=O) groups is 3. The van der Waals surface area contributed by atoms with Crippen LogP contribution < -0.4 is 0 Å². The van der Waals surface area contributed by atoms with Gasteiger partial charge in [0.2, 0.25) is 0 Å². The number of Topliss-reactive ketones (excluding diaryl/α,β-unsaturated/α-hetero) is 2. The highest BCUT2D eigenvalue weighted by Crippen LogP contribution is 2.42. The van der Waals surface area contributed by atoms with Gasteiger partial charge in [0, 0.05) is 11.1 Å². The van der Waals surface area contributed by atoms with Crippen molar-refractivity contribution in [1.82, 2.24) is 0 Å². The number of ether oxygens (including phenoxy) is 2. The van der Waals surface area contributed by atoms with Gasteiger partial charge in [-0.05, 0) is 13.0 Å². The van der Waals surface area contributed by atoms with E-state index in [0.717, 1.165) is 0 Å². The maximum Gasteiger partial charge on any atom is 0.309 e. The molecule has 22 heavy (non-hydrogen) atoms. The van der Waals surface area contributed by atoms with E-state index < -0.39 is 30.1 Å². The number of fused-ring (bicyclic) bond motifs is 3. The summed E-state index contributed by atoms with van der Waals surface area (Å²) in [6.07, 6.45) is -1.98. The minimum absolute atomic E-state index is 0.0259. The number of rotatable bonds is 0. The second-order valence-corrected chi connectivity index (χ2v) is 5.62. The third kappa shape index (κ3) is 1.55. The Hall–Kier alpha value is -2.47. The van der Waals surface area contributed by atoms with E-state index in [1.807, 2.05) is 0 Å². The van der Waals surface area contributed by atoms with Crippen molar-refractivity contribution in [2.24, 2.45) is 0 Å². The monoisotopic (exact) mass is 300 g/mol. The number of hydrogen-bond donors (Lipinski definition) is 1. The van der Waals surface area contributed by atoms with E-state index in [2.05, 4.69) is 0 Å². The number of aromatic hydroxyl groups is 1. The lowest BCUT2D eigenvalue weighted by molar-refractivity contribution is -0.140. The van der Waals surface area contributed by atoms with E-state index in [0.29, 0.717) is 0 Å². The standard InChI is InChI=1S/C16H12O6/c1-6-11-13(16-9(21-6)5-10(18)22-16)15(20)12-7(14(11)19)3-2-4-8(12)17/h2-4,6,9,16-17H,5H2,1H3/t6-,9+,16-/m1/s1. The number of carbonyl (C=O) groups excluding carboxylic acids is 3. The number of hydrogen-bond acceptors (Lipinski definition) is 6. The molecule has 0 radical (unpaired) electrons. The van der Waals surface area contributed by atoms with E-state index in [9.17, 15) is 19.5 Å². The summed E-state index contributed by atoms with van der Waals surface area (Å²) < 4.78 is 10.9. The van der Waals surface area contributed by atoms with Crippen molar-refractivity contribution in [2.45, 2.75) is 31.7 Å². The summed E-state index contributed by atoms with van der Waals surface area (Å²) in [5.74, 6) is -1.54. The van der Waals surface area contributed by atoms with Gasteiger partial charge in [-0.1, -0.05) is 12.1 Å². The first kappa shape index (κ1) is 13.2. The first-order chi connectivity index (χ1) is 10.5. The molecule has 0 saturated carbocycles. The van der Waals surface area contributed by atoms with Gasteiger partial charge in [0.25, 0.3) is 0 Å². The highest BCUT2D eigenvalue weighted by atomic mass is 16.6. The minimum Gasteiger partial charge on any atom is -0.507 e. The lowest BCUT2D eigenvalue weighted by atomic mass is 9.77. The van der Waals surface area contributed by atoms with Crippen LogP contribution in [0.15, 0.2) is 29.3 Å². The lowest BCUT2D eigenvalue weighted by Crippen LogP contribution is -2.44. The molecule has 1 aliphatic carbocycles. The number of ketones is 2. The smallest absolute Gasteiger partial charge is 0.309 e. The van der Waals surface area contributed by atoms with E-state index in [1.54, 1.807) is 6.92 Å². The average molecular weight is 300 g/mol. The molecule has 0 unspecified atom stereocenters. The zero-order valence-electron chi connectivity index (χ0n) is 11.7. The van der Waals surface area contributed by atoms with Crippen molar-refractivity contribution < 1.29 is 29.0 Å². The van der Waals surface area contributed by atoms with Gasteiger partial charge in [-0.3, -0.25) is 14.4 Å². The van der Waals surface area contributed by atoms with Crippen molar-refractivity contribution in [3.8, 4) is 5.75 Å². The first-order valence-electron chi connectivity index (χ1n) is 6.99. The predicted octanol–water partition coefficient (Wildman–Crippen LogP) is 1.17. The van der Waals surface area contributed by atoms with Gasteiger partial charge >= 0.3 is 5.97 Å². The fraction of sp³-hybridized carbons (Fsp3) is 0.312. The molecular weight excluding hydrogens is 288 g/mol. The first-order valence-corrected chi connectivity index (χ1v) is 6.99. The Morgan fingerprint density at radius 2 is 1.91 bits per heavy atom. The molecule has 3 atom stereocenters. The van der Waals surface area contributed by atoms with Crippen LogP contribution in [0, 0.1) is 0 Å². The fourth-order valence-electron chi connectivity index (χ4n) is 3.41. The van der Waals surface area contributed by atoms with Crippen molar-refractivity contribution >= 4 is 17.5 Å². The number of esters is 1. The zero-order chi connectivity index (χ0) is 15.6. The SMILES string of the molecule is C[C@H]1O[C@H]2CC(=O)O[C@H]2C2=C1C(=O)c1cccc(O)c1C2=O. The molecule has 0 bridgehead atoms. The van der Waals surface area contributed by atoms with Crippen LogP contribution in [0.2, 0.25) is 0 Å². The third-order valence-electron chi connectivity index (χ3n) is 4.33. The van der Waals surface area contributed by atoms with Crippen molar-refractivity contribution in [3.63, 3.8) is 0 Å². The average Bonchev–Trinajstić information content (AvgIpc) is 2.83. The molecule has 1 N–H and O–H groups in total. The molecule has 112 valence electrons. The summed E-state index contributed by atoms with van der Waals surface area (Å²) in [5, 5.41) is 9.96. The molecule has 3 aliphatic rings. The second kappa shape index (κ2) is 4.27. The second-order valence-electron chi connectivity index (χ2n) is 5.62. The Morgan fingerprint density at radius 1 is 1.14 bits per heavy atom.